The second-order valence-corrected chi connectivity index (χ2v) is 7.79. The van der Waals surface area contributed by atoms with Crippen molar-refractivity contribution in [3.05, 3.63) is 66.2 Å². The van der Waals surface area contributed by atoms with Crippen LogP contribution in [-0.2, 0) is 11.0 Å². The van der Waals surface area contributed by atoms with E-state index in [9.17, 15) is 18.0 Å². The van der Waals surface area contributed by atoms with Gasteiger partial charge in [0.25, 0.3) is 0 Å². The minimum absolute atomic E-state index is 0.0671. The van der Waals surface area contributed by atoms with Crippen LogP contribution < -0.4 is 10.1 Å². The number of fused-ring (bicyclic) bond motifs is 1. The van der Waals surface area contributed by atoms with Crippen molar-refractivity contribution in [3.8, 4) is 17.0 Å². The number of ether oxygens (including phenoxy) is 1. The summed E-state index contributed by atoms with van der Waals surface area (Å²) in [6.07, 6.45) is -4.48. The van der Waals surface area contributed by atoms with Crippen LogP contribution in [0.3, 0.4) is 0 Å². The minimum Gasteiger partial charge on any atom is -0.494 e. The molecule has 2 aromatic heterocycles. The molecule has 0 aliphatic carbocycles. The predicted octanol–water partition coefficient (Wildman–Crippen LogP) is 4.94. The Labute approximate surface area is 191 Å². The lowest BCUT2D eigenvalue weighted by molar-refractivity contribution is -0.137. The maximum atomic E-state index is 12.8. The fourth-order valence-electron chi connectivity index (χ4n) is 3.00. The van der Waals surface area contributed by atoms with Crippen LogP contribution in [0.2, 0.25) is 0 Å². The molecule has 0 fully saturated rings. The highest BCUT2D eigenvalue weighted by atomic mass is 32.2. The predicted molar refractivity (Wildman–Crippen MR) is 118 cm³/mol. The molecular weight excluding hydrogens is 455 g/mol. The average molecular weight is 473 g/mol. The molecule has 2 heterocycles. The molecule has 0 aliphatic rings. The highest BCUT2D eigenvalue weighted by Gasteiger charge is 2.30. The van der Waals surface area contributed by atoms with Gasteiger partial charge in [-0.05, 0) is 61.5 Å². The molecule has 0 bridgehead atoms. The van der Waals surface area contributed by atoms with E-state index in [0.717, 1.165) is 35.2 Å². The summed E-state index contributed by atoms with van der Waals surface area (Å²) in [6, 6.07) is 15.5. The van der Waals surface area contributed by atoms with Gasteiger partial charge in [-0.3, -0.25) is 4.79 Å². The van der Waals surface area contributed by atoms with Gasteiger partial charge in [0.2, 0.25) is 11.1 Å². The molecular formula is C22H18F3N5O2S. The highest BCUT2D eigenvalue weighted by Crippen LogP contribution is 2.30. The van der Waals surface area contributed by atoms with Gasteiger partial charge in [0.1, 0.15) is 5.75 Å². The van der Waals surface area contributed by atoms with E-state index in [-0.39, 0.29) is 11.4 Å². The number of hydrogen-bond donors (Lipinski definition) is 1. The highest BCUT2D eigenvalue weighted by molar-refractivity contribution is 7.99. The van der Waals surface area contributed by atoms with Gasteiger partial charge in [-0.25, -0.2) is 0 Å². The monoisotopic (exact) mass is 473 g/mol. The van der Waals surface area contributed by atoms with Gasteiger partial charge in [0, 0.05) is 11.3 Å². The lowest BCUT2D eigenvalue weighted by Crippen LogP contribution is -2.15. The normalized spacial score (nSPS) is 11.5. The first-order chi connectivity index (χ1) is 15.8. The van der Waals surface area contributed by atoms with Gasteiger partial charge >= 0.3 is 6.18 Å². The Bertz CT molecular complexity index is 1280. The van der Waals surface area contributed by atoms with Crippen LogP contribution in [0.15, 0.2) is 65.8 Å². The van der Waals surface area contributed by atoms with E-state index < -0.39 is 17.6 Å². The maximum Gasteiger partial charge on any atom is 0.416 e. The van der Waals surface area contributed by atoms with E-state index >= 15 is 0 Å². The van der Waals surface area contributed by atoms with Crippen molar-refractivity contribution in [1.82, 2.24) is 19.8 Å². The SMILES string of the molecule is CCOc1ccc(-c2ccc3nnc(SCC(=O)Nc4cccc(C(F)(F)F)c4)n3n2)cc1. The summed E-state index contributed by atoms with van der Waals surface area (Å²) in [5.41, 5.74) is 1.29. The molecule has 1 N–H and O–H groups in total. The van der Waals surface area contributed by atoms with Crippen molar-refractivity contribution >= 4 is 29.0 Å². The largest absolute Gasteiger partial charge is 0.494 e. The van der Waals surface area contributed by atoms with Crippen LogP contribution in [-0.4, -0.2) is 38.1 Å². The number of benzene rings is 2. The Morgan fingerprint density at radius 3 is 2.61 bits per heavy atom. The molecule has 4 aromatic rings. The fourth-order valence-corrected chi connectivity index (χ4v) is 3.69. The Hall–Kier alpha value is -3.60. The number of carbonyl (C=O) groups excluding carboxylic acids is 1. The number of amides is 1. The number of thioether (sulfide) groups is 1. The molecule has 0 unspecified atom stereocenters. The number of nitrogens with one attached hydrogen (secondary N) is 1. The standard InChI is InChI=1S/C22H18F3N5O2S/c1-2-32-17-8-6-14(7-9-17)18-10-11-19-27-28-21(30(19)29-18)33-13-20(31)26-16-5-3-4-15(12-16)22(23,24)25/h3-12H,2,13H2,1H3,(H,26,31). The van der Waals surface area contributed by atoms with Crippen molar-refractivity contribution in [1.29, 1.82) is 0 Å². The van der Waals surface area contributed by atoms with Crippen LogP contribution in [0.1, 0.15) is 12.5 Å². The van der Waals surface area contributed by atoms with Gasteiger partial charge < -0.3 is 10.1 Å². The van der Waals surface area contributed by atoms with Gasteiger partial charge in [0.05, 0.1) is 23.6 Å². The number of carbonyl (C=O) groups is 1. The summed E-state index contributed by atoms with van der Waals surface area (Å²) in [7, 11) is 0. The molecule has 7 nitrogen and oxygen atoms in total. The molecule has 0 spiro atoms. The number of anilines is 1. The van der Waals surface area contributed by atoms with Crippen molar-refractivity contribution in [2.75, 3.05) is 17.7 Å². The molecule has 2 aromatic carbocycles. The second-order valence-electron chi connectivity index (χ2n) is 6.84. The number of rotatable bonds is 7. The summed E-state index contributed by atoms with van der Waals surface area (Å²) in [4.78, 5) is 12.3. The third-order valence-electron chi connectivity index (χ3n) is 4.50. The number of aromatic nitrogens is 4. The molecule has 0 atom stereocenters. The van der Waals surface area contributed by atoms with E-state index in [2.05, 4.69) is 20.6 Å². The summed E-state index contributed by atoms with van der Waals surface area (Å²) < 4.78 is 45.5. The summed E-state index contributed by atoms with van der Waals surface area (Å²) in [5.74, 6) is 0.208. The third kappa shape index (κ3) is 5.43. The molecule has 11 heteroatoms. The zero-order valence-electron chi connectivity index (χ0n) is 17.3. The van der Waals surface area contributed by atoms with Crippen molar-refractivity contribution in [2.45, 2.75) is 18.3 Å². The van der Waals surface area contributed by atoms with Gasteiger partial charge in [-0.1, -0.05) is 17.8 Å². The number of alkyl halides is 3. The smallest absolute Gasteiger partial charge is 0.416 e. The van der Waals surface area contributed by atoms with E-state index in [1.165, 1.54) is 16.6 Å². The molecule has 33 heavy (non-hydrogen) atoms. The third-order valence-corrected chi connectivity index (χ3v) is 5.42. The number of halogens is 3. The number of nitrogens with zero attached hydrogens (tertiary/aromatic N) is 4. The van der Waals surface area contributed by atoms with Crippen molar-refractivity contribution in [2.24, 2.45) is 0 Å². The van der Waals surface area contributed by atoms with Crippen molar-refractivity contribution < 1.29 is 22.7 Å². The van der Waals surface area contributed by atoms with Crippen LogP contribution in [0.4, 0.5) is 18.9 Å². The molecule has 1 amide bonds. The molecule has 0 saturated heterocycles. The molecule has 4 rings (SSSR count). The van der Waals surface area contributed by atoms with Crippen LogP contribution in [0.5, 0.6) is 5.75 Å². The minimum atomic E-state index is -4.48. The first-order valence-corrected chi connectivity index (χ1v) is 10.9. The average Bonchev–Trinajstić information content (AvgIpc) is 3.20. The first-order valence-electron chi connectivity index (χ1n) is 9.89. The topological polar surface area (TPSA) is 81.4 Å². The molecule has 0 aliphatic heterocycles. The van der Waals surface area contributed by atoms with E-state index in [1.807, 2.05) is 37.3 Å². The van der Waals surface area contributed by atoms with Gasteiger partial charge in [-0.15, -0.1) is 10.2 Å². The molecule has 170 valence electrons. The molecule has 0 radical (unpaired) electrons. The van der Waals surface area contributed by atoms with Crippen LogP contribution >= 0.6 is 11.8 Å². The quantitative estimate of drug-likeness (QED) is 0.383. The Morgan fingerprint density at radius 1 is 1.09 bits per heavy atom. The van der Waals surface area contributed by atoms with Gasteiger partial charge in [-0.2, -0.15) is 22.8 Å². The lowest BCUT2D eigenvalue weighted by atomic mass is 10.1. The summed E-state index contributed by atoms with van der Waals surface area (Å²) in [5, 5.41) is 15.5. The van der Waals surface area contributed by atoms with Crippen LogP contribution in [0.25, 0.3) is 16.9 Å². The Kier molecular flexibility index (Phi) is 6.50. The zero-order chi connectivity index (χ0) is 23.4. The van der Waals surface area contributed by atoms with E-state index in [4.69, 9.17) is 4.74 Å². The Balaban J connectivity index is 1.45. The van der Waals surface area contributed by atoms with Gasteiger partial charge in [0.15, 0.2) is 5.65 Å². The first kappa shape index (κ1) is 22.6. The second kappa shape index (κ2) is 9.49. The Morgan fingerprint density at radius 2 is 1.88 bits per heavy atom. The number of hydrogen-bond acceptors (Lipinski definition) is 6. The summed E-state index contributed by atoms with van der Waals surface area (Å²) in [6.45, 7) is 2.49. The zero-order valence-corrected chi connectivity index (χ0v) is 18.2. The maximum absolute atomic E-state index is 12.8. The summed E-state index contributed by atoms with van der Waals surface area (Å²) >= 11 is 1.08. The fraction of sp³-hybridized carbons (Fsp3) is 0.182. The van der Waals surface area contributed by atoms with E-state index in [0.29, 0.717) is 23.1 Å². The van der Waals surface area contributed by atoms with E-state index in [1.54, 1.807) is 6.07 Å². The molecule has 0 saturated carbocycles. The van der Waals surface area contributed by atoms with Crippen molar-refractivity contribution in [3.63, 3.8) is 0 Å². The van der Waals surface area contributed by atoms with Crippen LogP contribution in [0, 0.1) is 0 Å². The lowest BCUT2D eigenvalue weighted by Gasteiger charge is -2.09.